The molecule has 0 aromatic heterocycles. The summed E-state index contributed by atoms with van der Waals surface area (Å²) in [5.41, 5.74) is 7.13. The number of rotatable bonds is 3. The lowest BCUT2D eigenvalue weighted by molar-refractivity contribution is -0.134. The minimum absolute atomic E-state index is 0. The van der Waals surface area contributed by atoms with Gasteiger partial charge in [-0.3, -0.25) is 9.59 Å². The Hall–Kier alpha value is -2.57. The Bertz CT molecular complexity index is 762. The van der Waals surface area contributed by atoms with Crippen LogP contribution in [0.15, 0.2) is 54.6 Å². The summed E-state index contributed by atoms with van der Waals surface area (Å²) < 4.78 is 0. The molecule has 0 saturated carbocycles. The number of hydrogen-bond acceptors (Lipinski definition) is 4. The van der Waals surface area contributed by atoms with E-state index in [9.17, 15) is 14.7 Å². The van der Waals surface area contributed by atoms with Gasteiger partial charge in [0.1, 0.15) is 11.8 Å². The molecule has 2 aromatic carbocycles. The molecule has 1 fully saturated rings. The molecule has 3 N–H and O–H groups in total. The van der Waals surface area contributed by atoms with Gasteiger partial charge in [0.2, 0.25) is 5.91 Å². The molecule has 0 spiro atoms. The Kier molecular flexibility index (Phi) is 6.60. The van der Waals surface area contributed by atoms with Crippen molar-refractivity contribution in [2.45, 2.75) is 6.04 Å². The third-order valence-corrected chi connectivity index (χ3v) is 4.44. The van der Waals surface area contributed by atoms with E-state index in [1.807, 2.05) is 30.3 Å². The summed E-state index contributed by atoms with van der Waals surface area (Å²) in [7, 11) is 0. The number of piperazine rings is 1. The van der Waals surface area contributed by atoms with E-state index in [0.29, 0.717) is 26.2 Å². The van der Waals surface area contributed by atoms with Crippen LogP contribution in [0.25, 0.3) is 0 Å². The zero-order valence-corrected chi connectivity index (χ0v) is 15.1. The van der Waals surface area contributed by atoms with Gasteiger partial charge in [-0.05, 0) is 17.7 Å². The highest BCUT2D eigenvalue weighted by atomic mass is 35.5. The number of hydrogen-bond donors (Lipinski definition) is 2. The molecule has 1 atom stereocenters. The van der Waals surface area contributed by atoms with E-state index in [0.717, 1.165) is 5.56 Å². The Balaban J connectivity index is 0.00000243. The maximum Gasteiger partial charge on any atom is 0.257 e. The first-order valence-corrected chi connectivity index (χ1v) is 8.24. The van der Waals surface area contributed by atoms with Crippen LogP contribution in [0.3, 0.4) is 0 Å². The van der Waals surface area contributed by atoms with Crippen molar-refractivity contribution in [1.82, 2.24) is 9.80 Å². The highest BCUT2D eigenvalue weighted by Gasteiger charge is 2.28. The molecule has 6 nitrogen and oxygen atoms in total. The number of halogens is 1. The number of carbonyl (C=O) groups is 2. The first-order valence-electron chi connectivity index (χ1n) is 8.24. The molecule has 3 rings (SSSR count). The van der Waals surface area contributed by atoms with E-state index < -0.39 is 6.04 Å². The second-order valence-electron chi connectivity index (χ2n) is 6.02. The molecule has 26 heavy (non-hydrogen) atoms. The molecule has 2 amide bonds. The van der Waals surface area contributed by atoms with Gasteiger partial charge in [-0.2, -0.15) is 0 Å². The van der Waals surface area contributed by atoms with E-state index in [4.69, 9.17) is 5.73 Å². The van der Waals surface area contributed by atoms with E-state index in [2.05, 4.69) is 0 Å². The van der Waals surface area contributed by atoms with Gasteiger partial charge in [-0.1, -0.05) is 42.5 Å². The van der Waals surface area contributed by atoms with Gasteiger partial charge in [0.15, 0.2) is 0 Å². The molecule has 1 aliphatic rings. The fourth-order valence-electron chi connectivity index (χ4n) is 2.95. The molecule has 0 aliphatic carbocycles. The monoisotopic (exact) mass is 375 g/mol. The third kappa shape index (κ3) is 4.15. The Morgan fingerprint density at radius 1 is 0.885 bits per heavy atom. The highest BCUT2D eigenvalue weighted by molar-refractivity contribution is 5.97. The van der Waals surface area contributed by atoms with Crippen molar-refractivity contribution in [3.05, 3.63) is 65.7 Å². The van der Waals surface area contributed by atoms with Crippen LogP contribution in [-0.4, -0.2) is 52.9 Å². The lowest BCUT2D eigenvalue weighted by atomic mass is 10.1. The molecule has 7 heteroatoms. The lowest BCUT2D eigenvalue weighted by Gasteiger charge is -2.36. The minimum Gasteiger partial charge on any atom is -0.507 e. The molecule has 0 bridgehead atoms. The molecule has 0 radical (unpaired) electrons. The molecule has 1 aliphatic heterocycles. The molecule has 2 aromatic rings. The molecular weight excluding hydrogens is 354 g/mol. The normalized spacial score (nSPS) is 15.1. The van der Waals surface area contributed by atoms with Crippen molar-refractivity contribution in [3.63, 3.8) is 0 Å². The number of carbonyl (C=O) groups excluding carboxylic acids is 2. The van der Waals surface area contributed by atoms with Crippen LogP contribution in [0.2, 0.25) is 0 Å². The summed E-state index contributed by atoms with van der Waals surface area (Å²) >= 11 is 0. The average molecular weight is 376 g/mol. The van der Waals surface area contributed by atoms with Crippen molar-refractivity contribution in [2.24, 2.45) is 5.73 Å². The summed E-state index contributed by atoms with van der Waals surface area (Å²) in [5, 5.41) is 9.82. The van der Waals surface area contributed by atoms with E-state index in [1.165, 1.54) is 6.07 Å². The number of nitrogens with zero attached hydrogens (tertiary/aromatic N) is 2. The van der Waals surface area contributed by atoms with Crippen LogP contribution < -0.4 is 5.73 Å². The zero-order valence-electron chi connectivity index (χ0n) is 14.2. The molecule has 1 heterocycles. The number of phenolic OH excluding ortho intramolecular Hbond substituents is 1. The van der Waals surface area contributed by atoms with Crippen LogP contribution in [-0.2, 0) is 4.79 Å². The summed E-state index contributed by atoms with van der Waals surface area (Å²) in [6.45, 7) is 1.69. The summed E-state index contributed by atoms with van der Waals surface area (Å²) in [4.78, 5) is 28.4. The van der Waals surface area contributed by atoms with Gasteiger partial charge in [-0.15, -0.1) is 12.4 Å². The van der Waals surface area contributed by atoms with Crippen molar-refractivity contribution < 1.29 is 14.7 Å². The van der Waals surface area contributed by atoms with Crippen molar-refractivity contribution in [1.29, 1.82) is 0 Å². The number of para-hydroxylation sites is 1. The first kappa shape index (κ1) is 19.8. The zero-order chi connectivity index (χ0) is 17.8. The van der Waals surface area contributed by atoms with Crippen molar-refractivity contribution in [2.75, 3.05) is 26.2 Å². The minimum atomic E-state index is -0.693. The molecule has 1 saturated heterocycles. The lowest BCUT2D eigenvalue weighted by Crippen LogP contribution is -2.52. The quantitative estimate of drug-likeness (QED) is 0.856. The predicted molar refractivity (Wildman–Crippen MR) is 101 cm³/mol. The molecule has 1 unspecified atom stereocenters. The number of amides is 2. The summed E-state index contributed by atoms with van der Waals surface area (Å²) in [6, 6.07) is 15.0. The van der Waals surface area contributed by atoms with Crippen LogP contribution in [0.1, 0.15) is 22.0 Å². The standard InChI is InChI=1S/C19H21N3O3.ClH/c20-17(14-6-2-1-3-7-14)19(25)22-12-10-21(11-13-22)18(24)15-8-4-5-9-16(15)23;/h1-9,17,23H,10-13,20H2;1H. The fraction of sp³-hybridized carbons (Fsp3) is 0.263. The Labute approximate surface area is 158 Å². The maximum absolute atomic E-state index is 12.6. The Morgan fingerprint density at radius 3 is 2.04 bits per heavy atom. The van der Waals surface area contributed by atoms with Crippen LogP contribution in [0.5, 0.6) is 5.75 Å². The second kappa shape index (κ2) is 8.69. The summed E-state index contributed by atoms with van der Waals surface area (Å²) in [5.74, 6) is -0.393. The molecule has 138 valence electrons. The largest absolute Gasteiger partial charge is 0.507 e. The number of benzene rings is 2. The smallest absolute Gasteiger partial charge is 0.257 e. The topological polar surface area (TPSA) is 86.9 Å². The van der Waals surface area contributed by atoms with Crippen LogP contribution >= 0.6 is 12.4 Å². The Morgan fingerprint density at radius 2 is 1.42 bits per heavy atom. The predicted octanol–water partition coefficient (Wildman–Crippen LogP) is 1.80. The SMILES string of the molecule is Cl.NC(C(=O)N1CCN(C(=O)c2ccccc2O)CC1)c1ccccc1. The van der Waals surface area contributed by atoms with Gasteiger partial charge in [0, 0.05) is 26.2 Å². The highest BCUT2D eigenvalue weighted by Crippen LogP contribution is 2.20. The summed E-state index contributed by atoms with van der Waals surface area (Å²) in [6.07, 6.45) is 0. The van der Waals surface area contributed by atoms with Crippen LogP contribution in [0.4, 0.5) is 0 Å². The first-order chi connectivity index (χ1) is 12.1. The van der Waals surface area contributed by atoms with Gasteiger partial charge >= 0.3 is 0 Å². The number of aromatic hydroxyl groups is 1. The van der Waals surface area contributed by atoms with Gasteiger partial charge in [0.05, 0.1) is 5.56 Å². The van der Waals surface area contributed by atoms with Gasteiger partial charge in [0.25, 0.3) is 5.91 Å². The van der Waals surface area contributed by atoms with E-state index in [1.54, 1.807) is 28.0 Å². The maximum atomic E-state index is 12.6. The fourth-order valence-corrected chi connectivity index (χ4v) is 2.95. The van der Waals surface area contributed by atoms with E-state index in [-0.39, 0.29) is 35.5 Å². The van der Waals surface area contributed by atoms with Crippen molar-refractivity contribution in [3.8, 4) is 5.75 Å². The average Bonchev–Trinajstić information content (AvgIpc) is 2.67. The third-order valence-electron chi connectivity index (χ3n) is 4.44. The second-order valence-corrected chi connectivity index (χ2v) is 6.02. The van der Waals surface area contributed by atoms with Crippen LogP contribution in [0, 0.1) is 0 Å². The van der Waals surface area contributed by atoms with Gasteiger partial charge in [-0.25, -0.2) is 0 Å². The number of nitrogens with two attached hydrogens (primary N) is 1. The van der Waals surface area contributed by atoms with E-state index >= 15 is 0 Å². The van der Waals surface area contributed by atoms with Crippen molar-refractivity contribution >= 4 is 24.2 Å². The number of phenols is 1. The van der Waals surface area contributed by atoms with Gasteiger partial charge < -0.3 is 20.6 Å². The molecular formula is C19H22ClN3O3.